The van der Waals surface area contributed by atoms with Crippen molar-refractivity contribution in [2.75, 3.05) is 51.9 Å². The molecule has 0 aromatic heterocycles. The first kappa shape index (κ1) is 20.2. The molecule has 0 radical (unpaired) electrons. The van der Waals surface area contributed by atoms with Crippen LogP contribution in [0.4, 0.5) is 0 Å². The summed E-state index contributed by atoms with van der Waals surface area (Å²) in [5.74, 6) is 1.68. The quantitative estimate of drug-likeness (QED) is 0.531. The average Bonchev–Trinajstić information content (AvgIpc) is 2.92. The van der Waals surface area contributed by atoms with Crippen LogP contribution in [0.2, 0.25) is 0 Å². The highest BCUT2D eigenvalue weighted by Crippen LogP contribution is 2.21. The van der Waals surface area contributed by atoms with Crippen LogP contribution in [0.1, 0.15) is 33.6 Å². The number of aliphatic imine (C=N–C) groups is 1. The van der Waals surface area contributed by atoms with E-state index in [1.807, 2.05) is 6.92 Å². The van der Waals surface area contributed by atoms with Crippen molar-refractivity contribution in [3.05, 3.63) is 0 Å². The molecule has 1 heterocycles. The third-order valence-corrected chi connectivity index (χ3v) is 5.18. The van der Waals surface area contributed by atoms with Crippen molar-refractivity contribution >= 4 is 15.8 Å². The molecule has 6 nitrogen and oxygen atoms in total. The zero-order valence-corrected chi connectivity index (χ0v) is 16.1. The second-order valence-corrected chi connectivity index (χ2v) is 9.46. The normalized spacial score (nSPS) is 20.1. The van der Waals surface area contributed by atoms with Crippen LogP contribution in [0.5, 0.6) is 0 Å². The minimum absolute atomic E-state index is 0.0938. The molecule has 1 atom stereocenters. The maximum atomic E-state index is 11.3. The summed E-state index contributed by atoms with van der Waals surface area (Å²) in [4.78, 5) is 6.63. The van der Waals surface area contributed by atoms with Crippen molar-refractivity contribution in [1.29, 1.82) is 0 Å². The van der Waals surface area contributed by atoms with Gasteiger partial charge in [-0.15, -0.1) is 0 Å². The van der Waals surface area contributed by atoms with Crippen molar-refractivity contribution in [2.24, 2.45) is 16.3 Å². The Morgan fingerprint density at radius 3 is 2.70 bits per heavy atom. The molecule has 1 aliphatic heterocycles. The first-order valence-electron chi connectivity index (χ1n) is 8.38. The molecule has 1 rings (SSSR count). The minimum atomic E-state index is -2.92. The lowest BCUT2D eigenvalue weighted by Gasteiger charge is -2.28. The molecule has 0 aromatic carbocycles. The van der Waals surface area contributed by atoms with Crippen LogP contribution < -0.4 is 5.32 Å². The van der Waals surface area contributed by atoms with Gasteiger partial charge >= 0.3 is 0 Å². The highest BCUT2D eigenvalue weighted by atomic mass is 32.2. The van der Waals surface area contributed by atoms with Gasteiger partial charge in [0.25, 0.3) is 0 Å². The van der Waals surface area contributed by atoms with E-state index in [0.29, 0.717) is 18.9 Å². The topological polar surface area (TPSA) is 71.0 Å². The Bertz CT molecular complexity index is 489. The Morgan fingerprint density at radius 2 is 2.13 bits per heavy atom. The van der Waals surface area contributed by atoms with Gasteiger partial charge in [0.1, 0.15) is 9.84 Å². The first-order valence-corrected chi connectivity index (χ1v) is 10.4. The molecule has 0 aromatic rings. The van der Waals surface area contributed by atoms with Gasteiger partial charge in [0.05, 0.1) is 12.4 Å². The Labute approximate surface area is 141 Å². The van der Waals surface area contributed by atoms with Gasteiger partial charge in [-0.1, -0.05) is 13.8 Å². The molecule has 7 heteroatoms. The summed E-state index contributed by atoms with van der Waals surface area (Å²) in [6.07, 6.45) is 3.05. The van der Waals surface area contributed by atoms with Crippen LogP contribution in [0, 0.1) is 11.3 Å². The zero-order valence-electron chi connectivity index (χ0n) is 15.3. The molecule has 0 bridgehead atoms. The van der Waals surface area contributed by atoms with E-state index >= 15 is 0 Å². The molecule has 0 amide bonds. The van der Waals surface area contributed by atoms with E-state index in [2.05, 4.69) is 29.1 Å². The van der Waals surface area contributed by atoms with E-state index in [1.54, 1.807) is 7.05 Å². The third-order valence-electron chi connectivity index (χ3n) is 4.23. The molecule has 1 fully saturated rings. The summed E-state index contributed by atoms with van der Waals surface area (Å²) in [6, 6.07) is 0. The fourth-order valence-electron chi connectivity index (χ4n) is 2.65. The SMILES string of the molecule is CCOCC1CCN(C(=NC)NCC(C)(C)CCS(C)(=O)=O)C1. The monoisotopic (exact) mass is 347 g/mol. The molecular formula is C16H33N3O3S. The Kier molecular flexibility index (Phi) is 7.80. The fourth-order valence-corrected chi connectivity index (χ4v) is 3.57. The number of likely N-dealkylation sites (tertiary alicyclic amines) is 1. The van der Waals surface area contributed by atoms with Gasteiger partial charge in [0, 0.05) is 45.5 Å². The molecule has 136 valence electrons. The summed E-state index contributed by atoms with van der Waals surface area (Å²) < 4.78 is 28.2. The van der Waals surface area contributed by atoms with Crippen LogP contribution in [-0.4, -0.2) is 71.2 Å². The molecular weight excluding hydrogens is 314 g/mol. The minimum Gasteiger partial charge on any atom is -0.381 e. The summed E-state index contributed by atoms with van der Waals surface area (Å²) >= 11 is 0. The number of hydrogen-bond donors (Lipinski definition) is 1. The van der Waals surface area contributed by atoms with Crippen LogP contribution in [0.3, 0.4) is 0 Å². The van der Waals surface area contributed by atoms with Crippen LogP contribution in [0.15, 0.2) is 4.99 Å². The molecule has 0 aliphatic carbocycles. The molecule has 1 unspecified atom stereocenters. The van der Waals surface area contributed by atoms with Gasteiger partial charge < -0.3 is 15.0 Å². The highest BCUT2D eigenvalue weighted by Gasteiger charge is 2.26. The zero-order chi connectivity index (χ0) is 17.5. The predicted octanol–water partition coefficient (Wildman–Crippen LogP) is 1.38. The number of rotatable bonds is 8. The van der Waals surface area contributed by atoms with E-state index in [4.69, 9.17) is 4.74 Å². The van der Waals surface area contributed by atoms with E-state index in [1.165, 1.54) is 6.26 Å². The van der Waals surface area contributed by atoms with Gasteiger partial charge in [0.2, 0.25) is 0 Å². The number of sulfone groups is 1. The molecule has 0 spiro atoms. The Morgan fingerprint density at radius 1 is 1.43 bits per heavy atom. The largest absolute Gasteiger partial charge is 0.381 e. The standard InChI is InChI=1S/C16H33N3O3S/c1-6-22-12-14-7-9-19(11-14)15(17-4)18-13-16(2,3)8-10-23(5,20)21/h14H,6-13H2,1-5H3,(H,17,18). The second-order valence-electron chi connectivity index (χ2n) is 7.21. The van der Waals surface area contributed by atoms with Crippen LogP contribution in [-0.2, 0) is 14.6 Å². The number of nitrogens with zero attached hydrogens (tertiary/aromatic N) is 2. The lowest BCUT2D eigenvalue weighted by Crippen LogP contribution is -2.44. The number of nitrogens with one attached hydrogen (secondary N) is 1. The van der Waals surface area contributed by atoms with Crippen molar-refractivity contribution in [3.63, 3.8) is 0 Å². The van der Waals surface area contributed by atoms with E-state index in [9.17, 15) is 8.42 Å². The lowest BCUT2D eigenvalue weighted by atomic mass is 9.90. The summed E-state index contributed by atoms with van der Waals surface area (Å²) in [6.45, 7) is 10.4. The molecule has 23 heavy (non-hydrogen) atoms. The summed E-state index contributed by atoms with van der Waals surface area (Å²) in [7, 11) is -1.12. The highest BCUT2D eigenvalue weighted by molar-refractivity contribution is 7.90. The lowest BCUT2D eigenvalue weighted by molar-refractivity contribution is 0.114. The molecule has 0 saturated carbocycles. The van der Waals surface area contributed by atoms with E-state index in [-0.39, 0.29) is 11.2 Å². The van der Waals surface area contributed by atoms with Gasteiger partial charge in [-0.25, -0.2) is 8.42 Å². The maximum absolute atomic E-state index is 11.3. The number of hydrogen-bond acceptors (Lipinski definition) is 4. The van der Waals surface area contributed by atoms with Crippen LogP contribution >= 0.6 is 0 Å². The van der Waals surface area contributed by atoms with Crippen LogP contribution in [0.25, 0.3) is 0 Å². The third kappa shape index (κ3) is 8.01. The maximum Gasteiger partial charge on any atom is 0.193 e. The van der Waals surface area contributed by atoms with Crippen molar-refractivity contribution in [3.8, 4) is 0 Å². The smallest absolute Gasteiger partial charge is 0.193 e. The second kappa shape index (κ2) is 8.87. The predicted molar refractivity (Wildman–Crippen MR) is 95.6 cm³/mol. The van der Waals surface area contributed by atoms with Crippen molar-refractivity contribution in [2.45, 2.75) is 33.6 Å². The summed E-state index contributed by atoms with van der Waals surface area (Å²) in [5, 5.41) is 3.40. The number of ether oxygens (including phenoxy) is 1. The number of guanidine groups is 1. The average molecular weight is 348 g/mol. The molecule has 1 aliphatic rings. The summed E-state index contributed by atoms with van der Waals surface area (Å²) in [5.41, 5.74) is -0.0938. The van der Waals surface area contributed by atoms with Gasteiger partial charge in [-0.3, -0.25) is 4.99 Å². The van der Waals surface area contributed by atoms with E-state index < -0.39 is 9.84 Å². The van der Waals surface area contributed by atoms with Gasteiger partial charge in [0.15, 0.2) is 5.96 Å². The van der Waals surface area contributed by atoms with Gasteiger partial charge in [-0.05, 0) is 25.2 Å². The fraction of sp³-hybridized carbons (Fsp3) is 0.938. The van der Waals surface area contributed by atoms with Crippen molar-refractivity contribution < 1.29 is 13.2 Å². The molecule has 1 N–H and O–H groups in total. The Hall–Kier alpha value is -0.820. The Balaban J connectivity index is 2.45. The van der Waals surface area contributed by atoms with E-state index in [0.717, 1.165) is 38.7 Å². The first-order chi connectivity index (χ1) is 10.7. The molecule has 1 saturated heterocycles. The van der Waals surface area contributed by atoms with Gasteiger partial charge in [-0.2, -0.15) is 0 Å². The van der Waals surface area contributed by atoms with Crippen molar-refractivity contribution in [1.82, 2.24) is 10.2 Å².